The maximum atomic E-state index is 12.9. The van der Waals surface area contributed by atoms with E-state index in [9.17, 15) is 9.59 Å². The lowest BCUT2D eigenvalue weighted by atomic mass is 10.1. The zero-order valence-corrected chi connectivity index (χ0v) is 21.2. The molecule has 0 spiro atoms. The highest BCUT2D eigenvalue weighted by Gasteiger charge is 2.25. The summed E-state index contributed by atoms with van der Waals surface area (Å²) < 4.78 is 5.41. The van der Waals surface area contributed by atoms with Crippen molar-refractivity contribution in [1.29, 1.82) is 0 Å². The van der Waals surface area contributed by atoms with E-state index in [2.05, 4.69) is 0 Å². The molecule has 0 bridgehead atoms. The second-order valence-electron chi connectivity index (χ2n) is 8.27. The van der Waals surface area contributed by atoms with Gasteiger partial charge in [-0.25, -0.2) is 9.69 Å². The molecule has 2 rings (SSSR count). The van der Waals surface area contributed by atoms with E-state index in [1.165, 1.54) is 6.08 Å². The summed E-state index contributed by atoms with van der Waals surface area (Å²) in [6.07, 6.45) is 7.69. The molecular formula is C26H26Cl3NO3. The molecule has 7 heteroatoms. The lowest BCUT2D eigenvalue weighted by molar-refractivity contribution is -0.124. The van der Waals surface area contributed by atoms with Crippen LogP contribution >= 0.6 is 34.8 Å². The van der Waals surface area contributed by atoms with Crippen LogP contribution in [0.3, 0.4) is 0 Å². The van der Waals surface area contributed by atoms with Crippen LogP contribution in [-0.2, 0) is 9.53 Å². The number of imide groups is 1. The lowest BCUT2D eigenvalue weighted by Gasteiger charge is -2.25. The molecule has 0 saturated heterocycles. The summed E-state index contributed by atoms with van der Waals surface area (Å²) in [7, 11) is 0. The van der Waals surface area contributed by atoms with Gasteiger partial charge in [-0.1, -0.05) is 77.3 Å². The molecule has 2 amide bonds. The summed E-state index contributed by atoms with van der Waals surface area (Å²) in [5, 5.41) is 1.67. The Morgan fingerprint density at radius 1 is 0.970 bits per heavy atom. The molecule has 0 saturated carbocycles. The number of amides is 2. The van der Waals surface area contributed by atoms with E-state index in [0.717, 1.165) is 16.0 Å². The zero-order valence-electron chi connectivity index (χ0n) is 18.9. The third-order valence-corrected chi connectivity index (χ3v) is 5.00. The fraction of sp³-hybridized carbons (Fsp3) is 0.231. The minimum absolute atomic E-state index is 0.0485. The van der Waals surface area contributed by atoms with Crippen LogP contribution in [0.4, 0.5) is 4.79 Å². The first-order valence-corrected chi connectivity index (χ1v) is 11.4. The first-order chi connectivity index (χ1) is 15.4. The van der Waals surface area contributed by atoms with Gasteiger partial charge in [0.25, 0.3) is 5.91 Å². The maximum absolute atomic E-state index is 12.9. The molecule has 0 heterocycles. The molecule has 0 aliphatic carbocycles. The Hall–Kier alpha value is -2.53. The Balaban J connectivity index is 2.19. The minimum atomic E-state index is -0.737. The van der Waals surface area contributed by atoms with Gasteiger partial charge in [0.1, 0.15) is 5.60 Å². The van der Waals surface area contributed by atoms with Crippen LogP contribution in [0, 0.1) is 0 Å². The van der Waals surface area contributed by atoms with Crippen molar-refractivity contribution >= 4 is 59.0 Å². The van der Waals surface area contributed by atoms with Crippen LogP contribution in [0.1, 0.15) is 38.8 Å². The number of carbonyl (C=O) groups excluding carboxylic acids is 2. The van der Waals surface area contributed by atoms with Gasteiger partial charge < -0.3 is 4.74 Å². The van der Waals surface area contributed by atoms with E-state index in [-0.39, 0.29) is 6.54 Å². The van der Waals surface area contributed by atoms with Gasteiger partial charge in [0, 0.05) is 21.1 Å². The van der Waals surface area contributed by atoms with Crippen molar-refractivity contribution in [2.75, 3.05) is 6.54 Å². The number of rotatable bonds is 6. The standard InChI is InChI=1S/C26H26Cl3NO3/c1-18(7-10-20-11-14-22(28)17-23(20)29)16-24(31)30(25(32)33-26(2,3)4)15-5-6-19-8-12-21(27)13-9-19/h5-14,16-17H,15H2,1-4H3/b6-5+,10-7+,18-16+. The second-order valence-corrected chi connectivity index (χ2v) is 9.55. The SMILES string of the molecule is CC(/C=C/c1ccc(Cl)cc1Cl)=C\C(=O)N(C/C=C/c1ccc(Cl)cc1)C(=O)OC(C)(C)C. The van der Waals surface area contributed by atoms with Gasteiger partial charge in [0.15, 0.2) is 0 Å². The van der Waals surface area contributed by atoms with Crippen molar-refractivity contribution in [2.45, 2.75) is 33.3 Å². The first kappa shape index (κ1) is 26.7. The summed E-state index contributed by atoms with van der Waals surface area (Å²) in [6, 6.07) is 12.4. The largest absolute Gasteiger partial charge is 0.443 e. The van der Waals surface area contributed by atoms with Crippen molar-refractivity contribution in [1.82, 2.24) is 4.90 Å². The van der Waals surface area contributed by atoms with E-state index in [1.54, 1.807) is 82.3 Å². The second kappa shape index (κ2) is 12.1. The zero-order chi connectivity index (χ0) is 24.6. The Labute approximate surface area is 210 Å². The van der Waals surface area contributed by atoms with E-state index in [1.807, 2.05) is 12.1 Å². The predicted molar refractivity (Wildman–Crippen MR) is 138 cm³/mol. The Kier molecular flexibility index (Phi) is 9.78. The molecule has 174 valence electrons. The molecule has 2 aromatic carbocycles. The Bertz CT molecular complexity index is 1080. The summed E-state index contributed by atoms with van der Waals surface area (Å²) in [6.45, 7) is 7.05. The fourth-order valence-electron chi connectivity index (χ4n) is 2.62. The number of carbonyl (C=O) groups is 2. The van der Waals surface area contributed by atoms with E-state index in [0.29, 0.717) is 20.6 Å². The quantitative estimate of drug-likeness (QED) is 0.294. The van der Waals surface area contributed by atoms with Gasteiger partial charge in [-0.05, 0) is 68.7 Å². The van der Waals surface area contributed by atoms with Gasteiger partial charge in [-0.3, -0.25) is 4.79 Å². The monoisotopic (exact) mass is 505 g/mol. The summed E-state index contributed by atoms with van der Waals surface area (Å²) >= 11 is 18.0. The number of ether oxygens (including phenoxy) is 1. The Morgan fingerprint density at radius 3 is 2.21 bits per heavy atom. The average molecular weight is 507 g/mol. The lowest BCUT2D eigenvalue weighted by Crippen LogP contribution is -2.40. The number of benzene rings is 2. The van der Waals surface area contributed by atoms with E-state index >= 15 is 0 Å². The van der Waals surface area contributed by atoms with Crippen LogP contribution in [0.25, 0.3) is 12.2 Å². The molecule has 0 atom stereocenters. The van der Waals surface area contributed by atoms with Crippen LogP contribution in [-0.4, -0.2) is 29.0 Å². The molecule has 4 nitrogen and oxygen atoms in total. The van der Waals surface area contributed by atoms with E-state index in [4.69, 9.17) is 39.5 Å². The summed E-state index contributed by atoms with van der Waals surface area (Å²) in [5.74, 6) is -0.491. The van der Waals surface area contributed by atoms with Crippen LogP contribution in [0.5, 0.6) is 0 Å². The van der Waals surface area contributed by atoms with Crippen LogP contribution in [0.15, 0.2) is 66.3 Å². The van der Waals surface area contributed by atoms with Gasteiger partial charge in [-0.15, -0.1) is 0 Å². The summed E-state index contributed by atoms with van der Waals surface area (Å²) in [4.78, 5) is 26.6. The van der Waals surface area contributed by atoms with Crippen molar-refractivity contribution < 1.29 is 14.3 Å². The maximum Gasteiger partial charge on any atom is 0.417 e. The number of hydrogen-bond donors (Lipinski definition) is 0. The fourth-order valence-corrected chi connectivity index (χ4v) is 3.22. The molecule has 0 N–H and O–H groups in total. The topological polar surface area (TPSA) is 46.6 Å². The van der Waals surface area contributed by atoms with Crippen LogP contribution < -0.4 is 0 Å². The number of halogens is 3. The average Bonchev–Trinajstić information content (AvgIpc) is 2.70. The third kappa shape index (κ3) is 9.47. The number of hydrogen-bond acceptors (Lipinski definition) is 3. The molecule has 0 aliphatic heterocycles. The minimum Gasteiger partial charge on any atom is -0.443 e. The molecule has 33 heavy (non-hydrogen) atoms. The smallest absolute Gasteiger partial charge is 0.417 e. The van der Waals surface area contributed by atoms with Crippen molar-refractivity contribution in [3.63, 3.8) is 0 Å². The van der Waals surface area contributed by atoms with Crippen molar-refractivity contribution in [3.8, 4) is 0 Å². The molecule has 0 unspecified atom stereocenters. The molecule has 0 aliphatic rings. The van der Waals surface area contributed by atoms with Gasteiger partial charge >= 0.3 is 6.09 Å². The highest BCUT2D eigenvalue weighted by atomic mass is 35.5. The molecule has 2 aromatic rings. The predicted octanol–water partition coefficient (Wildman–Crippen LogP) is 8.08. The van der Waals surface area contributed by atoms with E-state index < -0.39 is 17.6 Å². The Morgan fingerprint density at radius 2 is 1.61 bits per heavy atom. The highest BCUT2D eigenvalue weighted by Crippen LogP contribution is 2.22. The molecule has 0 radical (unpaired) electrons. The summed E-state index contributed by atoms with van der Waals surface area (Å²) in [5.41, 5.74) is 1.56. The molecule has 0 aromatic heterocycles. The molecule has 0 fully saturated rings. The van der Waals surface area contributed by atoms with Crippen molar-refractivity contribution in [2.24, 2.45) is 0 Å². The number of allylic oxidation sites excluding steroid dienone is 2. The van der Waals surface area contributed by atoms with Crippen LogP contribution in [0.2, 0.25) is 15.1 Å². The normalized spacial score (nSPS) is 12.4. The third-order valence-electron chi connectivity index (χ3n) is 4.19. The molecular weight excluding hydrogens is 481 g/mol. The van der Waals surface area contributed by atoms with Gasteiger partial charge in [0.2, 0.25) is 0 Å². The number of nitrogens with zero attached hydrogens (tertiary/aromatic N) is 1. The van der Waals surface area contributed by atoms with Gasteiger partial charge in [-0.2, -0.15) is 0 Å². The highest BCUT2D eigenvalue weighted by molar-refractivity contribution is 6.35. The van der Waals surface area contributed by atoms with Gasteiger partial charge in [0.05, 0.1) is 6.54 Å². The van der Waals surface area contributed by atoms with Crippen molar-refractivity contribution in [3.05, 3.63) is 92.5 Å². The first-order valence-electron chi connectivity index (χ1n) is 10.2.